The molecular weight excluding hydrogens is 262 g/mol. The van der Waals surface area contributed by atoms with Crippen molar-refractivity contribution < 1.29 is 0 Å². The number of hydrogen-bond donors (Lipinski definition) is 2. The quantitative estimate of drug-likeness (QED) is 0.853. The molecule has 0 bridgehead atoms. The molecule has 0 saturated carbocycles. The molecule has 0 aliphatic heterocycles. The van der Waals surface area contributed by atoms with Gasteiger partial charge in [-0.2, -0.15) is 0 Å². The lowest BCUT2D eigenvalue weighted by atomic mass is 10.5. The second-order valence-electron chi connectivity index (χ2n) is 2.94. The van der Waals surface area contributed by atoms with Gasteiger partial charge in [0, 0.05) is 19.4 Å². The summed E-state index contributed by atoms with van der Waals surface area (Å²) < 4.78 is 2.35. The van der Waals surface area contributed by atoms with Gasteiger partial charge in [0.15, 0.2) is 0 Å². The molecule has 6 nitrogen and oxygen atoms in total. The first-order valence-corrected chi connectivity index (χ1v) is 4.94. The number of H-pyrrole nitrogens is 1. The van der Waals surface area contributed by atoms with E-state index >= 15 is 0 Å². The van der Waals surface area contributed by atoms with E-state index in [1.54, 1.807) is 30.3 Å². The van der Waals surface area contributed by atoms with Gasteiger partial charge in [-0.25, -0.2) is 9.97 Å². The molecule has 0 spiro atoms. The highest BCUT2D eigenvalue weighted by Gasteiger charge is 2.03. The smallest absolute Gasteiger partial charge is 0.287 e. The van der Waals surface area contributed by atoms with Crippen LogP contribution in [0.25, 0.3) is 0 Å². The molecule has 15 heavy (non-hydrogen) atoms. The number of aryl methyl sites for hydroxylation is 1. The summed E-state index contributed by atoms with van der Waals surface area (Å²) in [6.45, 7) is 0. The summed E-state index contributed by atoms with van der Waals surface area (Å²) in [5.41, 5.74) is 0.212. The van der Waals surface area contributed by atoms with Crippen LogP contribution in [0.4, 0.5) is 11.6 Å². The van der Waals surface area contributed by atoms with Crippen LogP contribution in [0.3, 0.4) is 0 Å². The number of rotatable bonds is 2. The lowest BCUT2D eigenvalue weighted by molar-refractivity contribution is 0.756. The number of aromatic amines is 1. The van der Waals surface area contributed by atoms with E-state index in [1.165, 1.54) is 0 Å². The monoisotopic (exact) mass is 269 g/mol. The van der Waals surface area contributed by atoms with Gasteiger partial charge in [0.2, 0.25) is 5.95 Å². The van der Waals surface area contributed by atoms with Crippen molar-refractivity contribution in [2.24, 2.45) is 7.05 Å². The van der Waals surface area contributed by atoms with Crippen molar-refractivity contribution in [3.05, 3.63) is 33.4 Å². The molecule has 0 aliphatic rings. The van der Waals surface area contributed by atoms with E-state index in [4.69, 9.17) is 0 Å². The fourth-order valence-corrected chi connectivity index (χ4v) is 1.30. The number of anilines is 2. The zero-order valence-electron chi connectivity index (χ0n) is 7.86. The highest BCUT2D eigenvalue weighted by molar-refractivity contribution is 9.10. The van der Waals surface area contributed by atoms with E-state index in [9.17, 15) is 4.79 Å². The molecule has 0 aromatic carbocycles. The second kappa shape index (κ2) is 3.85. The van der Waals surface area contributed by atoms with Crippen LogP contribution in [0.15, 0.2) is 27.9 Å². The molecule has 0 amide bonds. The van der Waals surface area contributed by atoms with Crippen molar-refractivity contribution in [3.8, 4) is 0 Å². The number of nitrogens with one attached hydrogen (secondary N) is 2. The van der Waals surface area contributed by atoms with Crippen molar-refractivity contribution in [2.45, 2.75) is 0 Å². The normalized spacial score (nSPS) is 10.3. The average molecular weight is 270 g/mol. The summed E-state index contributed by atoms with van der Waals surface area (Å²) in [4.78, 5) is 19.3. The molecule has 7 heteroatoms. The minimum Gasteiger partial charge on any atom is -0.318 e. The van der Waals surface area contributed by atoms with Crippen molar-refractivity contribution in [2.75, 3.05) is 5.32 Å². The average Bonchev–Trinajstić information content (AvgIpc) is 2.49. The number of hydrogen-bond acceptors (Lipinski definition) is 4. The summed E-state index contributed by atoms with van der Waals surface area (Å²) in [5, 5.41) is 5.39. The predicted octanol–water partition coefficient (Wildman–Crippen LogP) is 1.01. The molecule has 0 radical (unpaired) electrons. The van der Waals surface area contributed by atoms with Crippen LogP contribution < -0.4 is 10.9 Å². The maximum Gasteiger partial charge on any atom is 0.287 e. The van der Waals surface area contributed by atoms with Crippen LogP contribution in [0.1, 0.15) is 0 Å². The third kappa shape index (κ3) is 2.24. The van der Waals surface area contributed by atoms with Gasteiger partial charge >= 0.3 is 0 Å². The number of nitrogens with zero attached hydrogens (tertiary/aromatic N) is 3. The van der Waals surface area contributed by atoms with Crippen LogP contribution in [0.5, 0.6) is 0 Å². The Morgan fingerprint density at radius 3 is 2.67 bits per heavy atom. The Labute approximate surface area is 93.5 Å². The Hall–Kier alpha value is -1.63. The summed E-state index contributed by atoms with van der Waals surface area (Å²) in [6.07, 6.45) is 4.84. The van der Waals surface area contributed by atoms with Crippen molar-refractivity contribution in [1.82, 2.24) is 19.7 Å². The summed E-state index contributed by atoms with van der Waals surface area (Å²) >= 11 is 3.22. The van der Waals surface area contributed by atoms with Gasteiger partial charge in [-0.15, -0.1) is 0 Å². The third-order valence-electron chi connectivity index (χ3n) is 1.71. The van der Waals surface area contributed by atoms with Crippen LogP contribution in [0, 0.1) is 0 Å². The highest BCUT2D eigenvalue weighted by atomic mass is 79.9. The molecule has 0 saturated heterocycles. The number of halogens is 1. The van der Waals surface area contributed by atoms with Crippen LogP contribution >= 0.6 is 15.9 Å². The predicted molar refractivity (Wildman–Crippen MR) is 59.0 cm³/mol. The summed E-state index contributed by atoms with van der Waals surface area (Å²) in [6, 6.07) is 0. The lowest BCUT2D eigenvalue weighted by Crippen LogP contribution is -2.07. The summed E-state index contributed by atoms with van der Waals surface area (Å²) in [7, 11) is 1.73. The van der Waals surface area contributed by atoms with E-state index in [2.05, 4.69) is 36.3 Å². The maximum absolute atomic E-state index is 11.3. The maximum atomic E-state index is 11.3. The van der Waals surface area contributed by atoms with E-state index in [0.29, 0.717) is 11.6 Å². The Kier molecular flexibility index (Phi) is 2.55. The molecule has 0 unspecified atom stereocenters. The summed E-state index contributed by atoms with van der Waals surface area (Å²) in [5.74, 6) is 0.384. The van der Waals surface area contributed by atoms with Gasteiger partial charge < -0.3 is 5.32 Å². The molecule has 2 N–H and O–H groups in total. The zero-order valence-corrected chi connectivity index (χ0v) is 9.45. The van der Waals surface area contributed by atoms with Gasteiger partial charge in [-0.05, 0) is 15.9 Å². The van der Waals surface area contributed by atoms with E-state index in [1.807, 2.05) is 0 Å². The topological polar surface area (TPSA) is 75.6 Å². The van der Waals surface area contributed by atoms with Gasteiger partial charge in [0.1, 0.15) is 5.69 Å². The Bertz CT molecular complexity index is 515. The second-order valence-corrected chi connectivity index (χ2v) is 3.86. The van der Waals surface area contributed by atoms with Gasteiger partial charge in [0.05, 0.1) is 10.7 Å². The molecule has 0 aliphatic carbocycles. The minimum atomic E-state index is -0.205. The van der Waals surface area contributed by atoms with Crippen molar-refractivity contribution >= 4 is 27.6 Å². The van der Waals surface area contributed by atoms with E-state index in [0.717, 1.165) is 4.47 Å². The fourth-order valence-electron chi connectivity index (χ4n) is 1.09. The van der Waals surface area contributed by atoms with Crippen molar-refractivity contribution in [3.63, 3.8) is 0 Å². The van der Waals surface area contributed by atoms with Gasteiger partial charge in [-0.3, -0.25) is 14.6 Å². The molecule has 78 valence electrons. The van der Waals surface area contributed by atoms with Gasteiger partial charge in [-0.1, -0.05) is 0 Å². The largest absolute Gasteiger partial charge is 0.318 e. The molecule has 2 aromatic rings. The standard InChI is InChI=1S/C8H8BrN5O/c1-14-4-6(7(15)13-14)12-8-10-2-5(9)3-11-8/h2-4H,1H3,(H,13,15)(H,10,11,12). The molecule has 2 heterocycles. The zero-order chi connectivity index (χ0) is 10.8. The highest BCUT2D eigenvalue weighted by Crippen LogP contribution is 2.09. The van der Waals surface area contributed by atoms with Crippen LogP contribution in [-0.2, 0) is 7.05 Å². The SMILES string of the molecule is Cn1cc(Nc2ncc(Br)cn2)c(=O)[nH]1. The van der Waals surface area contributed by atoms with Gasteiger partial charge in [0.25, 0.3) is 5.56 Å². The fraction of sp³-hybridized carbons (Fsp3) is 0.125. The molecule has 0 fully saturated rings. The van der Waals surface area contributed by atoms with E-state index in [-0.39, 0.29) is 5.56 Å². The molecule has 2 aromatic heterocycles. The Balaban J connectivity index is 2.25. The van der Waals surface area contributed by atoms with E-state index < -0.39 is 0 Å². The third-order valence-corrected chi connectivity index (χ3v) is 2.12. The minimum absolute atomic E-state index is 0.205. The Morgan fingerprint density at radius 2 is 2.13 bits per heavy atom. The van der Waals surface area contributed by atoms with Crippen molar-refractivity contribution in [1.29, 1.82) is 0 Å². The molecule has 2 rings (SSSR count). The first-order valence-electron chi connectivity index (χ1n) is 4.15. The van der Waals surface area contributed by atoms with Crippen LogP contribution in [0.2, 0.25) is 0 Å². The first kappa shape index (κ1) is 9.91. The number of aromatic nitrogens is 4. The Morgan fingerprint density at radius 1 is 1.47 bits per heavy atom. The molecule has 0 atom stereocenters. The lowest BCUT2D eigenvalue weighted by Gasteiger charge is -1.99. The molecular formula is C8H8BrN5O. The first-order chi connectivity index (χ1) is 7.15. The van der Waals surface area contributed by atoms with Crippen LogP contribution in [-0.4, -0.2) is 19.7 Å².